The summed E-state index contributed by atoms with van der Waals surface area (Å²) in [5.74, 6) is -0.724. The van der Waals surface area contributed by atoms with E-state index in [4.69, 9.17) is 10.2 Å². The van der Waals surface area contributed by atoms with Crippen LogP contribution in [0.25, 0.3) is 0 Å². The van der Waals surface area contributed by atoms with E-state index in [1.165, 1.54) is 96.3 Å². The molecule has 0 saturated carbocycles. The van der Waals surface area contributed by atoms with E-state index in [1.54, 1.807) is 0 Å². The van der Waals surface area contributed by atoms with E-state index >= 15 is 0 Å². The molecular weight excluding hydrogens is 470 g/mol. The normalized spacial score (nSPS) is 17.3. The number of quaternary nitrogens is 2. The number of rotatable bonds is 22. The van der Waals surface area contributed by atoms with E-state index in [1.807, 2.05) is 21.1 Å². The Kier molecular flexibility index (Phi) is 20.6. The molecule has 1 aliphatic heterocycles. The van der Waals surface area contributed by atoms with Gasteiger partial charge in [-0.15, -0.1) is 0 Å². The molecule has 8 heteroatoms. The summed E-state index contributed by atoms with van der Waals surface area (Å²) in [6.07, 6.45) is 22.4. The molecule has 3 N–H and O–H groups in total. The van der Waals surface area contributed by atoms with Crippen LogP contribution in [0, 0.1) is 0 Å². The highest BCUT2D eigenvalue weighted by Gasteiger charge is 2.39. The molecule has 1 atom stereocenters. The molecule has 0 aromatic rings. The number of aliphatic hydroxyl groups is 1. The number of nitrogens with zero attached hydrogens (tertiary/aromatic N) is 3. The average Bonchev–Trinajstić information content (AvgIpc) is 3.19. The fraction of sp³-hybridized carbons (Fsp3) is 0.897. The minimum absolute atomic E-state index is 0.0474. The monoisotopic (exact) mass is 529 g/mol. The number of carbonyl (C=O) groups is 2. The molecule has 0 aromatic carbocycles. The quantitative estimate of drug-likeness (QED) is 0.124. The van der Waals surface area contributed by atoms with Gasteiger partial charge in [-0.05, 0) is 6.42 Å². The SMILES string of the molecule is CCCCCCCCCCCCCCCCCCC1=NCC[N+]1(CO)CC(=O)O.C[N+](C)(C)CC(=O)O. The van der Waals surface area contributed by atoms with Crippen molar-refractivity contribution in [1.82, 2.24) is 0 Å². The first-order valence-electron chi connectivity index (χ1n) is 14.8. The summed E-state index contributed by atoms with van der Waals surface area (Å²) < 4.78 is 0.628. The van der Waals surface area contributed by atoms with Crippen LogP contribution in [0.4, 0.5) is 0 Å². The minimum atomic E-state index is -0.861. The predicted molar refractivity (Wildman–Crippen MR) is 152 cm³/mol. The first-order chi connectivity index (χ1) is 17.6. The van der Waals surface area contributed by atoms with Crippen LogP contribution < -0.4 is 0 Å². The van der Waals surface area contributed by atoms with E-state index in [0.717, 1.165) is 18.7 Å². The molecule has 0 radical (unpaired) electrons. The number of amidine groups is 1. The molecule has 1 unspecified atom stereocenters. The third-order valence-corrected chi connectivity index (χ3v) is 6.94. The Labute approximate surface area is 226 Å². The number of hydrogen-bond acceptors (Lipinski definition) is 4. The summed E-state index contributed by atoms with van der Waals surface area (Å²) in [4.78, 5) is 25.6. The van der Waals surface area contributed by atoms with Crippen LogP contribution in [0.2, 0.25) is 0 Å². The summed E-state index contributed by atoms with van der Waals surface area (Å²) in [7, 11) is 5.52. The Hall–Kier alpha value is -1.51. The molecule has 1 aliphatic rings. The average molecular weight is 530 g/mol. The molecule has 0 aliphatic carbocycles. The fourth-order valence-corrected chi connectivity index (χ4v) is 4.83. The molecule has 1 rings (SSSR count). The highest BCUT2D eigenvalue weighted by molar-refractivity contribution is 5.79. The van der Waals surface area contributed by atoms with Gasteiger partial charge >= 0.3 is 11.9 Å². The van der Waals surface area contributed by atoms with Crippen LogP contribution in [0.15, 0.2) is 4.99 Å². The maximum absolute atomic E-state index is 11.1. The van der Waals surface area contributed by atoms with Crippen LogP contribution >= 0.6 is 0 Å². The van der Waals surface area contributed by atoms with E-state index in [9.17, 15) is 14.7 Å². The second kappa shape index (κ2) is 21.4. The smallest absolute Gasteiger partial charge is 0.359 e. The molecule has 1 heterocycles. The second-order valence-electron chi connectivity index (χ2n) is 11.8. The Morgan fingerprint density at radius 1 is 0.757 bits per heavy atom. The fourth-order valence-electron chi connectivity index (χ4n) is 4.83. The van der Waals surface area contributed by atoms with Crippen molar-refractivity contribution in [3.05, 3.63) is 0 Å². The van der Waals surface area contributed by atoms with Gasteiger partial charge in [0.15, 0.2) is 19.8 Å². The van der Waals surface area contributed by atoms with Crippen LogP contribution in [0.5, 0.6) is 0 Å². The molecule has 0 fully saturated rings. The Morgan fingerprint density at radius 2 is 1.19 bits per heavy atom. The third kappa shape index (κ3) is 20.2. The Bertz CT molecular complexity index is 634. The number of likely N-dealkylation sites (N-methyl/N-ethyl adjacent to an activating group) is 1. The number of unbranched alkanes of at least 4 members (excludes halogenated alkanes) is 15. The van der Waals surface area contributed by atoms with Crippen molar-refractivity contribution in [2.24, 2.45) is 4.99 Å². The predicted octanol–water partition coefficient (Wildman–Crippen LogP) is 5.68. The zero-order chi connectivity index (χ0) is 28.0. The molecule has 218 valence electrons. The second-order valence-corrected chi connectivity index (χ2v) is 11.8. The lowest BCUT2D eigenvalue weighted by Gasteiger charge is -2.30. The summed E-state index contributed by atoms with van der Waals surface area (Å²) in [5, 5.41) is 27.1. The van der Waals surface area contributed by atoms with Gasteiger partial charge in [0.2, 0.25) is 5.84 Å². The lowest BCUT2D eigenvalue weighted by molar-refractivity contribution is -0.862. The topological polar surface area (TPSA) is 107 Å². The van der Waals surface area contributed by atoms with Crippen molar-refractivity contribution < 1.29 is 33.9 Å². The van der Waals surface area contributed by atoms with Crippen molar-refractivity contribution in [2.75, 3.05) is 54.1 Å². The van der Waals surface area contributed by atoms with Gasteiger partial charge in [-0.1, -0.05) is 103 Å². The lowest BCUT2D eigenvalue weighted by Crippen LogP contribution is -2.54. The molecule has 0 aromatic heterocycles. The van der Waals surface area contributed by atoms with E-state index in [2.05, 4.69) is 11.9 Å². The van der Waals surface area contributed by atoms with Crippen molar-refractivity contribution in [3.8, 4) is 0 Å². The summed E-state index contributed by atoms with van der Waals surface area (Å²) in [6.45, 7) is 3.52. The molecule has 0 spiro atoms. The van der Waals surface area contributed by atoms with Gasteiger partial charge in [-0.3, -0.25) is 0 Å². The number of hydrogen-bond donors (Lipinski definition) is 3. The zero-order valence-electron chi connectivity index (χ0n) is 24.6. The number of aliphatic hydroxyl groups excluding tert-OH is 1. The van der Waals surface area contributed by atoms with Crippen molar-refractivity contribution in [2.45, 2.75) is 116 Å². The molecule has 8 nitrogen and oxygen atoms in total. The van der Waals surface area contributed by atoms with Gasteiger partial charge in [0.1, 0.15) is 6.54 Å². The van der Waals surface area contributed by atoms with Crippen LogP contribution in [0.3, 0.4) is 0 Å². The third-order valence-electron chi connectivity index (χ3n) is 6.94. The maximum Gasteiger partial charge on any atom is 0.359 e. The highest BCUT2D eigenvalue weighted by atomic mass is 16.4. The van der Waals surface area contributed by atoms with E-state index < -0.39 is 11.9 Å². The summed E-state index contributed by atoms with van der Waals surface area (Å²) >= 11 is 0. The number of aliphatic imine (C=N–C) groups is 1. The van der Waals surface area contributed by atoms with Gasteiger partial charge in [-0.2, -0.15) is 0 Å². The molecule has 37 heavy (non-hydrogen) atoms. The van der Waals surface area contributed by atoms with Crippen LogP contribution in [-0.4, -0.2) is 96.1 Å². The van der Waals surface area contributed by atoms with Crippen molar-refractivity contribution in [1.29, 1.82) is 0 Å². The zero-order valence-corrected chi connectivity index (χ0v) is 24.6. The molecular formula is C29H59N3O5+2. The Morgan fingerprint density at radius 3 is 1.51 bits per heavy atom. The van der Waals surface area contributed by atoms with Gasteiger partial charge < -0.3 is 19.8 Å². The van der Waals surface area contributed by atoms with Gasteiger partial charge in [0.05, 0.1) is 27.7 Å². The number of carboxylic acid groups (broad SMARTS) is 2. The standard InChI is InChI=1S/C24H46N2O3.C5H11NO2/c1-2-3-4-5-6-7-8-9-10-11-12-13-14-15-16-17-18-23-25-19-20-26(23,22-27)21-24(28)29;1-6(2,3)4-5(7)8/h27H,2-22H2,1H3;4H2,1-3H3/p+2. The number of aliphatic carboxylic acids is 2. The first-order valence-corrected chi connectivity index (χ1v) is 14.8. The van der Waals surface area contributed by atoms with E-state index in [0.29, 0.717) is 17.6 Å². The van der Waals surface area contributed by atoms with Crippen molar-refractivity contribution >= 4 is 17.8 Å². The Balaban J connectivity index is 0.00000139. The van der Waals surface area contributed by atoms with E-state index in [-0.39, 0.29) is 24.3 Å². The largest absolute Gasteiger partial charge is 0.477 e. The van der Waals surface area contributed by atoms with Gasteiger partial charge in [0.25, 0.3) is 0 Å². The van der Waals surface area contributed by atoms with Crippen LogP contribution in [0.1, 0.15) is 116 Å². The van der Waals surface area contributed by atoms with Gasteiger partial charge in [0, 0.05) is 6.42 Å². The molecule has 0 bridgehead atoms. The highest BCUT2D eigenvalue weighted by Crippen LogP contribution is 2.20. The summed E-state index contributed by atoms with van der Waals surface area (Å²) in [6, 6.07) is 0. The lowest BCUT2D eigenvalue weighted by atomic mass is 10.0. The molecule has 0 saturated heterocycles. The minimum Gasteiger partial charge on any atom is -0.477 e. The number of carboxylic acids is 2. The summed E-state index contributed by atoms with van der Waals surface area (Å²) in [5.41, 5.74) is 0. The van der Waals surface area contributed by atoms with Crippen molar-refractivity contribution in [3.63, 3.8) is 0 Å². The van der Waals surface area contributed by atoms with Crippen LogP contribution in [-0.2, 0) is 9.59 Å². The first kappa shape index (κ1) is 35.5. The molecule has 0 amide bonds. The maximum atomic E-state index is 11.1. The van der Waals surface area contributed by atoms with Gasteiger partial charge in [-0.25, -0.2) is 19.1 Å².